The third kappa shape index (κ3) is 1.47. The van der Waals surface area contributed by atoms with Crippen LogP contribution in [0.15, 0.2) is 24.3 Å². The lowest BCUT2D eigenvalue weighted by Crippen LogP contribution is -2.68. The Hall–Kier alpha value is -0.940. The number of nitrogens with zero attached hydrogens (tertiary/aromatic N) is 1. The molecule has 2 bridgehead atoms. The van der Waals surface area contributed by atoms with E-state index in [9.17, 15) is 4.79 Å². The SMILES string of the molecule is CC12CCC(C(=O)Nc3nc4ccccc4s3)(C1Br)C2(C)C. The fourth-order valence-electron chi connectivity index (χ4n) is 4.59. The normalized spacial score (nSPS) is 35.4. The number of rotatable bonds is 2. The number of anilines is 1. The summed E-state index contributed by atoms with van der Waals surface area (Å²) >= 11 is 5.36. The predicted octanol–water partition coefficient (Wildman–Crippen LogP) is 4.82. The van der Waals surface area contributed by atoms with Gasteiger partial charge in [0, 0.05) is 4.83 Å². The number of alkyl halides is 1. The van der Waals surface area contributed by atoms with Crippen LogP contribution in [-0.2, 0) is 4.79 Å². The van der Waals surface area contributed by atoms with E-state index in [4.69, 9.17) is 0 Å². The number of fused-ring (bicyclic) bond motifs is 2. The molecule has 0 radical (unpaired) electrons. The minimum Gasteiger partial charge on any atom is -0.301 e. The molecule has 2 aromatic rings. The Bertz CT molecular complexity index is 753. The van der Waals surface area contributed by atoms with Crippen molar-refractivity contribution in [2.24, 2.45) is 16.2 Å². The molecule has 116 valence electrons. The summed E-state index contributed by atoms with van der Waals surface area (Å²) in [6.07, 6.45) is 2.05. The van der Waals surface area contributed by atoms with Crippen molar-refractivity contribution in [1.29, 1.82) is 0 Å². The van der Waals surface area contributed by atoms with E-state index in [1.165, 1.54) is 0 Å². The molecule has 0 saturated heterocycles. The van der Waals surface area contributed by atoms with Crippen molar-refractivity contribution >= 4 is 48.5 Å². The summed E-state index contributed by atoms with van der Waals surface area (Å²) < 4.78 is 1.11. The van der Waals surface area contributed by atoms with Gasteiger partial charge >= 0.3 is 0 Å². The summed E-state index contributed by atoms with van der Waals surface area (Å²) in [6, 6.07) is 7.98. The summed E-state index contributed by atoms with van der Waals surface area (Å²) in [5.74, 6) is 0.119. The number of amides is 1. The molecule has 0 aliphatic heterocycles. The zero-order valence-electron chi connectivity index (χ0n) is 12.9. The highest BCUT2D eigenvalue weighted by atomic mass is 79.9. The van der Waals surface area contributed by atoms with Crippen LogP contribution in [0, 0.1) is 16.2 Å². The third-order valence-electron chi connectivity index (χ3n) is 6.49. The third-order valence-corrected chi connectivity index (χ3v) is 9.24. The first-order chi connectivity index (χ1) is 10.3. The zero-order chi connectivity index (χ0) is 15.8. The number of nitrogens with one attached hydrogen (secondary N) is 1. The number of carbonyl (C=O) groups excluding carboxylic acids is 1. The van der Waals surface area contributed by atoms with Crippen LogP contribution in [0.4, 0.5) is 5.13 Å². The number of hydrogen-bond acceptors (Lipinski definition) is 3. The van der Waals surface area contributed by atoms with Gasteiger partial charge in [-0.25, -0.2) is 4.98 Å². The van der Waals surface area contributed by atoms with E-state index in [1.807, 2.05) is 24.3 Å². The molecule has 3 saturated carbocycles. The Kier molecular flexibility index (Phi) is 2.88. The molecule has 3 unspecified atom stereocenters. The lowest BCUT2D eigenvalue weighted by Gasteiger charge is -2.64. The van der Waals surface area contributed by atoms with Gasteiger partial charge in [-0.05, 0) is 35.8 Å². The first-order valence-electron chi connectivity index (χ1n) is 7.64. The van der Waals surface area contributed by atoms with Gasteiger partial charge in [-0.15, -0.1) is 0 Å². The number of thiazole rings is 1. The largest absolute Gasteiger partial charge is 0.301 e. The van der Waals surface area contributed by atoms with Crippen LogP contribution in [0.1, 0.15) is 33.6 Å². The van der Waals surface area contributed by atoms with Gasteiger partial charge in [0.25, 0.3) is 0 Å². The molecule has 3 fully saturated rings. The molecule has 5 rings (SSSR count). The second kappa shape index (κ2) is 4.32. The molecular weight excluding hydrogens is 360 g/mol. The monoisotopic (exact) mass is 378 g/mol. The van der Waals surface area contributed by atoms with Crippen molar-refractivity contribution in [3.63, 3.8) is 0 Å². The summed E-state index contributed by atoms with van der Waals surface area (Å²) in [7, 11) is 0. The summed E-state index contributed by atoms with van der Waals surface area (Å²) in [6.45, 7) is 6.76. The Labute approximate surface area is 142 Å². The molecule has 3 nitrogen and oxygen atoms in total. The second-order valence-corrected chi connectivity index (χ2v) is 9.26. The maximum absolute atomic E-state index is 13.0. The van der Waals surface area contributed by atoms with E-state index < -0.39 is 0 Å². The molecule has 5 heteroatoms. The molecule has 1 heterocycles. The maximum atomic E-state index is 13.0. The molecular formula is C17H19BrN2OS. The Balaban J connectivity index is 1.65. The fraction of sp³-hybridized carbons (Fsp3) is 0.529. The number of carbonyl (C=O) groups is 1. The van der Waals surface area contributed by atoms with E-state index in [1.54, 1.807) is 11.3 Å². The Morgan fingerprint density at radius 1 is 1.32 bits per heavy atom. The van der Waals surface area contributed by atoms with E-state index >= 15 is 0 Å². The van der Waals surface area contributed by atoms with Crippen LogP contribution >= 0.6 is 27.3 Å². The van der Waals surface area contributed by atoms with E-state index in [0.717, 1.165) is 23.1 Å². The highest BCUT2D eigenvalue weighted by Crippen LogP contribution is 2.79. The van der Waals surface area contributed by atoms with Gasteiger partial charge in [0.1, 0.15) is 0 Å². The molecule has 3 atom stereocenters. The van der Waals surface area contributed by atoms with Crippen LogP contribution in [0.3, 0.4) is 0 Å². The molecule has 1 aromatic carbocycles. The molecule has 22 heavy (non-hydrogen) atoms. The van der Waals surface area contributed by atoms with Crippen LogP contribution in [0.2, 0.25) is 0 Å². The van der Waals surface area contributed by atoms with Gasteiger partial charge in [0.15, 0.2) is 5.13 Å². The smallest absolute Gasteiger partial charge is 0.234 e. The Morgan fingerprint density at radius 2 is 2.05 bits per heavy atom. The molecule has 1 amide bonds. The number of halogens is 1. The number of aromatic nitrogens is 1. The number of hydrogen-bond donors (Lipinski definition) is 1. The first kappa shape index (κ1) is 14.6. The average molecular weight is 379 g/mol. The number of para-hydroxylation sites is 1. The first-order valence-corrected chi connectivity index (χ1v) is 9.37. The second-order valence-electron chi connectivity index (χ2n) is 7.32. The van der Waals surface area contributed by atoms with Gasteiger partial charge in [0.2, 0.25) is 5.91 Å². The molecule has 1 N–H and O–H groups in total. The average Bonchev–Trinajstić information content (AvgIpc) is 3.07. The van der Waals surface area contributed by atoms with Crippen molar-refractivity contribution < 1.29 is 4.79 Å². The van der Waals surface area contributed by atoms with Crippen molar-refractivity contribution in [1.82, 2.24) is 4.98 Å². The van der Waals surface area contributed by atoms with Gasteiger partial charge in [-0.1, -0.05) is 60.2 Å². The van der Waals surface area contributed by atoms with Crippen LogP contribution < -0.4 is 5.32 Å². The van der Waals surface area contributed by atoms with Gasteiger partial charge < -0.3 is 5.32 Å². The number of benzene rings is 1. The highest BCUT2D eigenvalue weighted by Gasteiger charge is 2.80. The summed E-state index contributed by atoms with van der Waals surface area (Å²) in [4.78, 5) is 17.8. The van der Waals surface area contributed by atoms with Gasteiger partial charge in [-0.2, -0.15) is 0 Å². The summed E-state index contributed by atoms with van der Waals surface area (Å²) in [5.41, 5.74) is 0.840. The van der Waals surface area contributed by atoms with Crippen molar-refractivity contribution in [3.8, 4) is 0 Å². The van der Waals surface area contributed by atoms with E-state index in [-0.39, 0.29) is 27.0 Å². The van der Waals surface area contributed by atoms with Crippen LogP contribution in [-0.4, -0.2) is 15.7 Å². The summed E-state index contributed by atoms with van der Waals surface area (Å²) in [5, 5.41) is 3.80. The van der Waals surface area contributed by atoms with Crippen LogP contribution in [0.25, 0.3) is 10.2 Å². The molecule has 1 aromatic heterocycles. The highest BCUT2D eigenvalue weighted by molar-refractivity contribution is 9.09. The lowest BCUT2D eigenvalue weighted by atomic mass is 9.43. The maximum Gasteiger partial charge on any atom is 0.234 e. The van der Waals surface area contributed by atoms with Crippen molar-refractivity contribution in [2.75, 3.05) is 5.32 Å². The van der Waals surface area contributed by atoms with E-state index in [2.05, 4.69) is 47.0 Å². The topological polar surface area (TPSA) is 42.0 Å². The van der Waals surface area contributed by atoms with E-state index in [0.29, 0.717) is 5.13 Å². The molecule has 3 aliphatic carbocycles. The van der Waals surface area contributed by atoms with Crippen molar-refractivity contribution in [3.05, 3.63) is 24.3 Å². The lowest BCUT2D eigenvalue weighted by molar-refractivity contribution is -0.155. The fourth-order valence-corrected chi connectivity index (χ4v) is 7.26. The predicted molar refractivity (Wildman–Crippen MR) is 94.5 cm³/mol. The van der Waals surface area contributed by atoms with Crippen molar-refractivity contribution in [2.45, 2.75) is 38.4 Å². The molecule has 0 spiro atoms. The zero-order valence-corrected chi connectivity index (χ0v) is 15.3. The van der Waals surface area contributed by atoms with Gasteiger partial charge in [0.05, 0.1) is 15.6 Å². The molecule has 3 aliphatic rings. The Morgan fingerprint density at radius 3 is 2.64 bits per heavy atom. The van der Waals surface area contributed by atoms with Gasteiger partial charge in [-0.3, -0.25) is 4.79 Å². The quantitative estimate of drug-likeness (QED) is 0.760. The standard InChI is InChI=1S/C17H19BrN2OS/c1-15(2)16(3)8-9-17(15,12(16)18)13(21)20-14-19-10-6-4-5-7-11(10)22-14/h4-7,12H,8-9H2,1-3H3,(H,19,20,21). The minimum absolute atomic E-state index is 0.00886. The van der Waals surface area contributed by atoms with Crippen LogP contribution in [0.5, 0.6) is 0 Å². The minimum atomic E-state index is -0.320.